The fraction of sp³-hybridized carbons (Fsp3) is 0.333. The van der Waals surface area contributed by atoms with Crippen LogP contribution in [0.2, 0.25) is 0 Å². The number of aromatic nitrogens is 2. The first-order chi connectivity index (χ1) is 8.95. The number of anilines is 1. The molecule has 0 atom stereocenters. The van der Waals surface area contributed by atoms with Gasteiger partial charge in [0.05, 0.1) is 0 Å². The molecule has 0 saturated carbocycles. The maximum atomic E-state index is 13.5. The van der Waals surface area contributed by atoms with E-state index in [4.69, 9.17) is 0 Å². The van der Waals surface area contributed by atoms with E-state index in [0.29, 0.717) is 18.1 Å². The van der Waals surface area contributed by atoms with Gasteiger partial charge in [0.1, 0.15) is 5.82 Å². The van der Waals surface area contributed by atoms with Gasteiger partial charge in [-0.3, -0.25) is 0 Å². The van der Waals surface area contributed by atoms with E-state index in [-0.39, 0.29) is 5.82 Å². The second-order valence-corrected chi connectivity index (χ2v) is 4.89. The second-order valence-electron chi connectivity index (χ2n) is 4.89. The Hall–Kier alpha value is -1.97. The zero-order valence-corrected chi connectivity index (χ0v) is 11.7. The van der Waals surface area contributed by atoms with Gasteiger partial charge in [0.25, 0.3) is 0 Å². The van der Waals surface area contributed by atoms with Crippen molar-refractivity contribution >= 4 is 5.95 Å². The molecule has 100 valence electrons. The highest BCUT2D eigenvalue weighted by Gasteiger charge is 2.08. The largest absolute Gasteiger partial charge is 0.340 e. The fourth-order valence-corrected chi connectivity index (χ4v) is 1.96. The molecular formula is C15H18FN3. The third-order valence-electron chi connectivity index (χ3n) is 2.97. The predicted octanol–water partition coefficient (Wildman–Crippen LogP) is 3.18. The van der Waals surface area contributed by atoms with Crippen LogP contribution in [0.3, 0.4) is 0 Å². The monoisotopic (exact) mass is 259 g/mol. The quantitative estimate of drug-likeness (QED) is 0.847. The van der Waals surface area contributed by atoms with Crippen LogP contribution in [-0.2, 0) is 6.54 Å². The Morgan fingerprint density at radius 3 is 2.26 bits per heavy atom. The Bertz CT molecular complexity index is 576. The van der Waals surface area contributed by atoms with Gasteiger partial charge < -0.3 is 4.90 Å². The molecule has 0 spiro atoms. The topological polar surface area (TPSA) is 29.0 Å². The van der Waals surface area contributed by atoms with Gasteiger partial charge in [-0.2, -0.15) is 0 Å². The zero-order valence-electron chi connectivity index (χ0n) is 11.7. The molecule has 3 nitrogen and oxygen atoms in total. The van der Waals surface area contributed by atoms with Gasteiger partial charge in [-0.15, -0.1) is 0 Å². The molecule has 19 heavy (non-hydrogen) atoms. The van der Waals surface area contributed by atoms with Crippen molar-refractivity contribution in [2.75, 3.05) is 11.9 Å². The average molecular weight is 259 g/mol. The highest BCUT2D eigenvalue weighted by molar-refractivity contribution is 5.34. The van der Waals surface area contributed by atoms with Gasteiger partial charge in [0.15, 0.2) is 0 Å². The smallest absolute Gasteiger partial charge is 0.225 e. The van der Waals surface area contributed by atoms with E-state index in [1.54, 1.807) is 19.1 Å². The first-order valence-electron chi connectivity index (χ1n) is 6.24. The van der Waals surface area contributed by atoms with Crippen LogP contribution in [0.1, 0.15) is 22.5 Å². The molecule has 0 aliphatic heterocycles. The SMILES string of the molecule is Cc1cc(C)nc(N(C)Cc2ccc(C)c(F)c2)n1. The molecule has 2 aromatic rings. The van der Waals surface area contributed by atoms with Crippen LogP contribution in [0.5, 0.6) is 0 Å². The molecule has 2 rings (SSSR count). The molecular weight excluding hydrogens is 241 g/mol. The first kappa shape index (κ1) is 13.5. The van der Waals surface area contributed by atoms with Gasteiger partial charge >= 0.3 is 0 Å². The lowest BCUT2D eigenvalue weighted by atomic mass is 10.1. The van der Waals surface area contributed by atoms with Gasteiger partial charge in [-0.1, -0.05) is 12.1 Å². The van der Waals surface area contributed by atoms with E-state index in [1.165, 1.54) is 0 Å². The molecule has 1 aromatic carbocycles. The molecule has 0 saturated heterocycles. The van der Waals surface area contributed by atoms with Crippen molar-refractivity contribution in [1.82, 2.24) is 9.97 Å². The van der Waals surface area contributed by atoms with Crippen molar-refractivity contribution in [1.29, 1.82) is 0 Å². The minimum atomic E-state index is -0.174. The summed E-state index contributed by atoms with van der Waals surface area (Å²) >= 11 is 0. The van der Waals surface area contributed by atoms with Gasteiger partial charge in [-0.25, -0.2) is 14.4 Å². The average Bonchev–Trinajstić information content (AvgIpc) is 2.32. The van der Waals surface area contributed by atoms with Crippen LogP contribution < -0.4 is 4.90 Å². The van der Waals surface area contributed by atoms with Crippen LogP contribution in [0.4, 0.5) is 10.3 Å². The zero-order chi connectivity index (χ0) is 14.0. The molecule has 0 N–H and O–H groups in total. The summed E-state index contributed by atoms with van der Waals surface area (Å²) in [5.41, 5.74) is 3.44. The molecule has 1 heterocycles. The number of hydrogen-bond acceptors (Lipinski definition) is 3. The summed E-state index contributed by atoms with van der Waals surface area (Å²) in [6, 6.07) is 7.22. The number of aryl methyl sites for hydroxylation is 3. The molecule has 1 aromatic heterocycles. The highest BCUT2D eigenvalue weighted by Crippen LogP contribution is 2.14. The molecule has 0 radical (unpaired) electrons. The maximum Gasteiger partial charge on any atom is 0.225 e. The predicted molar refractivity (Wildman–Crippen MR) is 74.8 cm³/mol. The Kier molecular flexibility index (Phi) is 3.79. The summed E-state index contributed by atoms with van der Waals surface area (Å²) in [6.45, 7) is 6.23. The lowest BCUT2D eigenvalue weighted by Gasteiger charge is -2.18. The Morgan fingerprint density at radius 2 is 1.68 bits per heavy atom. The third-order valence-corrected chi connectivity index (χ3v) is 2.97. The summed E-state index contributed by atoms with van der Waals surface area (Å²) in [6.07, 6.45) is 0. The summed E-state index contributed by atoms with van der Waals surface area (Å²) < 4.78 is 13.5. The number of hydrogen-bond donors (Lipinski definition) is 0. The van der Waals surface area contributed by atoms with Crippen molar-refractivity contribution in [3.8, 4) is 0 Å². The molecule has 0 aliphatic carbocycles. The standard InChI is InChI=1S/C15H18FN3/c1-10-5-6-13(8-14(10)16)9-19(4)15-17-11(2)7-12(3)18-15/h5-8H,9H2,1-4H3. The van der Waals surface area contributed by atoms with Crippen LogP contribution in [0.15, 0.2) is 24.3 Å². The molecule has 0 bridgehead atoms. The third kappa shape index (κ3) is 3.28. The van der Waals surface area contributed by atoms with E-state index < -0.39 is 0 Å². The Morgan fingerprint density at radius 1 is 1.05 bits per heavy atom. The summed E-state index contributed by atoms with van der Waals surface area (Å²) in [5.74, 6) is 0.491. The van der Waals surface area contributed by atoms with Crippen LogP contribution >= 0.6 is 0 Å². The van der Waals surface area contributed by atoms with Gasteiger partial charge in [-0.05, 0) is 44.0 Å². The van der Waals surface area contributed by atoms with Gasteiger partial charge in [0, 0.05) is 25.0 Å². The number of rotatable bonds is 3. The van der Waals surface area contributed by atoms with E-state index in [9.17, 15) is 4.39 Å². The minimum absolute atomic E-state index is 0.174. The molecule has 0 fully saturated rings. The van der Waals surface area contributed by atoms with Crippen molar-refractivity contribution in [2.45, 2.75) is 27.3 Å². The number of nitrogens with zero attached hydrogens (tertiary/aromatic N) is 3. The summed E-state index contributed by atoms with van der Waals surface area (Å²) in [5, 5.41) is 0. The van der Waals surface area contributed by atoms with Crippen molar-refractivity contribution in [3.05, 3.63) is 52.6 Å². The van der Waals surface area contributed by atoms with E-state index >= 15 is 0 Å². The molecule has 4 heteroatoms. The van der Waals surface area contributed by atoms with Crippen molar-refractivity contribution in [3.63, 3.8) is 0 Å². The minimum Gasteiger partial charge on any atom is -0.340 e. The molecule has 0 amide bonds. The lowest BCUT2D eigenvalue weighted by Crippen LogP contribution is -2.20. The Labute approximate surface area is 113 Å². The van der Waals surface area contributed by atoms with Crippen molar-refractivity contribution in [2.24, 2.45) is 0 Å². The summed E-state index contributed by atoms with van der Waals surface area (Å²) in [7, 11) is 1.91. The molecule has 0 unspecified atom stereocenters. The first-order valence-corrected chi connectivity index (χ1v) is 6.24. The van der Waals surface area contributed by atoms with Gasteiger partial charge in [0.2, 0.25) is 5.95 Å². The Balaban J connectivity index is 2.20. The van der Waals surface area contributed by atoms with Crippen LogP contribution in [-0.4, -0.2) is 17.0 Å². The van der Waals surface area contributed by atoms with E-state index in [2.05, 4.69) is 9.97 Å². The lowest BCUT2D eigenvalue weighted by molar-refractivity contribution is 0.615. The molecule has 0 aliphatic rings. The summed E-state index contributed by atoms with van der Waals surface area (Å²) in [4.78, 5) is 10.7. The van der Waals surface area contributed by atoms with E-state index in [0.717, 1.165) is 17.0 Å². The fourth-order valence-electron chi connectivity index (χ4n) is 1.96. The van der Waals surface area contributed by atoms with E-state index in [1.807, 2.05) is 37.9 Å². The maximum absolute atomic E-state index is 13.5. The van der Waals surface area contributed by atoms with Crippen LogP contribution in [0.25, 0.3) is 0 Å². The number of benzene rings is 1. The highest BCUT2D eigenvalue weighted by atomic mass is 19.1. The number of halogens is 1. The second kappa shape index (κ2) is 5.34. The van der Waals surface area contributed by atoms with Crippen LogP contribution in [0, 0.1) is 26.6 Å². The normalized spacial score (nSPS) is 10.6. The van der Waals surface area contributed by atoms with Crippen molar-refractivity contribution < 1.29 is 4.39 Å².